The van der Waals surface area contributed by atoms with Gasteiger partial charge in [0, 0.05) is 12.6 Å². The van der Waals surface area contributed by atoms with Crippen molar-refractivity contribution in [2.24, 2.45) is 0 Å². The molecule has 2 rings (SSSR count). The fourth-order valence-electron chi connectivity index (χ4n) is 2.79. The van der Waals surface area contributed by atoms with Crippen molar-refractivity contribution in [3.63, 3.8) is 0 Å². The van der Waals surface area contributed by atoms with Crippen molar-refractivity contribution in [1.82, 2.24) is 9.21 Å². The van der Waals surface area contributed by atoms with Crippen LogP contribution < -0.4 is 0 Å². The van der Waals surface area contributed by atoms with Crippen molar-refractivity contribution in [3.8, 4) is 0 Å². The van der Waals surface area contributed by atoms with E-state index in [1.54, 1.807) is 4.31 Å². The van der Waals surface area contributed by atoms with Crippen molar-refractivity contribution in [3.05, 3.63) is 35.9 Å². The molecule has 5 heteroatoms. The van der Waals surface area contributed by atoms with E-state index in [1.165, 1.54) is 11.8 Å². The lowest BCUT2D eigenvalue weighted by Gasteiger charge is -2.35. The van der Waals surface area contributed by atoms with E-state index in [0.717, 1.165) is 32.4 Å². The number of sulfonamides is 1. The summed E-state index contributed by atoms with van der Waals surface area (Å²) in [7, 11) is -1.05. The van der Waals surface area contributed by atoms with Crippen molar-refractivity contribution in [2.75, 3.05) is 32.9 Å². The third-order valence-electron chi connectivity index (χ3n) is 3.99. The maximum atomic E-state index is 12.0. The number of hydrogen-bond acceptors (Lipinski definition) is 3. The van der Waals surface area contributed by atoms with Crippen molar-refractivity contribution in [2.45, 2.75) is 25.3 Å². The molecule has 0 bridgehead atoms. The van der Waals surface area contributed by atoms with Gasteiger partial charge in [0.25, 0.3) is 0 Å². The smallest absolute Gasteiger partial charge is 0.211 e. The Bertz CT molecular complexity index is 508. The highest BCUT2D eigenvalue weighted by molar-refractivity contribution is 7.88. The van der Waals surface area contributed by atoms with Gasteiger partial charge in [-0.1, -0.05) is 30.3 Å². The number of rotatable bonds is 5. The van der Waals surface area contributed by atoms with Crippen LogP contribution in [0.15, 0.2) is 30.3 Å². The van der Waals surface area contributed by atoms with Crippen LogP contribution in [0.4, 0.5) is 0 Å². The first-order valence-corrected chi connectivity index (χ1v) is 9.01. The molecule has 0 aliphatic carbocycles. The molecule has 1 saturated heterocycles. The topological polar surface area (TPSA) is 40.6 Å². The summed E-state index contributed by atoms with van der Waals surface area (Å²) in [6.45, 7) is 2.53. The Morgan fingerprint density at radius 3 is 2.35 bits per heavy atom. The molecule has 0 aromatic heterocycles. The molecule has 0 atom stereocenters. The van der Waals surface area contributed by atoms with E-state index < -0.39 is 10.0 Å². The highest BCUT2D eigenvalue weighted by Gasteiger charge is 2.28. The maximum Gasteiger partial charge on any atom is 0.211 e. The van der Waals surface area contributed by atoms with Gasteiger partial charge in [0.05, 0.1) is 6.26 Å². The monoisotopic (exact) mass is 296 g/mol. The normalized spacial score (nSPS) is 18.6. The van der Waals surface area contributed by atoms with Crippen LogP contribution in [0.2, 0.25) is 0 Å². The fourth-order valence-corrected chi connectivity index (χ4v) is 3.96. The van der Waals surface area contributed by atoms with Crippen LogP contribution in [-0.2, 0) is 16.4 Å². The fraction of sp³-hybridized carbons (Fsp3) is 0.600. The van der Waals surface area contributed by atoms with Crippen LogP contribution in [0, 0.1) is 0 Å². The molecule has 0 saturated carbocycles. The van der Waals surface area contributed by atoms with Gasteiger partial charge in [0.1, 0.15) is 0 Å². The molecule has 4 nitrogen and oxygen atoms in total. The van der Waals surface area contributed by atoms with E-state index in [0.29, 0.717) is 6.54 Å². The minimum Gasteiger partial charge on any atom is -0.306 e. The number of nitrogens with zero attached hydrogens (tertiary/aromatic N) is 2. The number of benzene rings is 1. The van der Waals surface area contributed by atoms with E-state index in [-0.39, 0.29) is 6.04 Å². The summed E-state index contributed by atoms with van der Waals surface area (Å²) >= 11 is 0. The second-order valence-electron chi connectivity index (χ2n) is 5.64. The van der Waals surface area contributed by atoms with Gasteiger partial charge in [-0.05, 0) is 45.0 Å². The van der Waals surface area contributed by atoms with Crippen molar-refractivity contribution < 1.29 is 8.42 Å². The van der Waals surface area contributed by atoms with Crippen molar-refractivity contribution in [1.29, 1.82) is 0 Å². The summed E-state index contributed by atoms with van der Waals surface area (Å²) < 4.78 is 25.8. The van der Waals surface area contributed by atoms with E-state index in [9.17, 15) is 8.42 Å². The molecule has 1 aliphatic heterocycles. The Balaban J connectivity index is 2.01. The highest BCUT2D eigenvalue weighted by Crippen LogP contribution is 2.19. The van der Waals surface area contributed by atoms with Gasteiger partial charge in [0.2, 0.25) is 10.0 Å². The lowest BCUT2D eigenvalue weighted by atomic mass is 10.0. The lowest BCUT2D eigenvalue weighted by Crippen LogP contribution is -2.46. The van der Waals surface area contributed by atoms with E-state index >= 15 is 0 Å². The largest absolute Gasteiger partial charge is 0.306 e. The Labute approximate surface area is 122 Å². The molecule has 1 aromatic carbocycles. The van der Waals surface area contributed by atoms with Gasteiger partial charge in [-0.25, -0.2) is 8.42 Å². The summed E-state index contributed by atoms with van der Waals surface area (Å²) in [4.78, 5) is 2.26. The molecule has 0 N–H and O–H groups in total. The SMILES string of the molecule is CN1CCC(N(CCc2ccccc2)S(C)(=O)=O)CC1. The minimum absolute atomic E-state index is 0.157. The maximum absolute atomic E-state index is 12.0. The molecule has 1 heterocycles. The Morgan fingerprint density at radius 1 is 1.20 bits per heavy atom. The summed E-state index contributed by atoms with van der Waals surface area (Å²) in [5.74, 6) is 0. The summed E-state index contributed by atoms with van der Waals surface area (Å²) in [6, 6.07) is 10.2. The average molecular weight is 296 g/mol. The van der Waals surface area contributed by atoms with Crippen LogP contribution in [0.25, 0.3) is 0 Å². The Morgan fingerprint density at radius 2 is 1.80 bits per heavy atom. The number of piperidine rings is 1. The second-order valence-corrected chi connectivity index (χ2v) is 7.58. The third kappa shape index (κ3) is 4.30. The minimum atomic E-state index is -3.14. The molecule has 0 amide bonds. The van der Waals surface area contributed by atoms with Crippen LogP contribution >= 0.6 is 0 Å². The zero-order valence-electron chi connectivity index (χ0n) is 12.3. The van der Waals surface area contributed by atoms with Crippen molar-refractivity contribution >= 4 is 10.0 Å². The average Bonchev–Trinajstić information content (AvgIpc) is 2.41. The Hall–Kier alpha value is -0.910. The molecule has 0 spiro atoms. The molecule has 1 aliphatic rings. The molecule has 1 fully saturated rings. The zero-order chi connectivity index (χ0) is 14.6. The summed E-state index contributed by atoms with van der Waals surface area (Å²) in [5, 5.41) is 0. The molecule has 112 valence electrons. The van der Waals surface area contributed by atoms with Gasteiger partial charge >= 0.3 is 0 Å². The van der Waals surface area contributed by atoms with Gasteiger partial charge in [-0.3, -0.25) is 0 Å². The first kappa shape index (κ1) is 15.5. The molecule has 20 heavy (non-hydrogen) atoms. The first-order chi connectivity index (χ1) is 9.47. The van der Waals surface area contributed by atoms with Crippen LogP contribution in [-0.4, -0.2) is 56.6 Å². The molecule has 0 unspecified atom stereocenters. The molecule has 1 aromatic rings. The third-order valence-corrected chi connectivity index (χ3v) is 5.32. The van der Waals surface area contributed by atoms with Crippen LogP contribution in [0.5, 0.6) is 0 Å². The molecular formula is C15H24N2O2S. The van der Waals surface area contributed by atoms with Gasteiger partial charge in [-0.15, -0.1) is 0 Å². The van der Waals surface area contributed by atoms with Gasteiger partial charge in [-0.2, -0.15) is 4.31 Å². The molecular weight excluding hydrogens is 272 g/mol. The lowest BCUT2D eigenvalue weighted by molar-refractivity contribution is 0.184. The standard InChI is InChI=1S/C15H24N2O2S/c1-16-11-9-15(10-12-16)17(20(2,18)19)13-8-14-6-4-3-5-7-14/h3-7,15H,8-13H2,1-2H3. The summed E-state index contributed by atoms with van der Waals surface area (Å²) in [6.07, 6.45) is 3.97. The van der Waals surface area contributed by atoms with E-state index in [2.05, 4.69) is 24.1 Å². The van der Waals surface area contributed by atoms with E-state index in [4.69, 9.17) is 0 Å². The first-order valence-electron chi connectivity index (χ1n) is 7.16. The highest BCUT2D eigenvalue weighted by atomic mass is 32.2. The molecule has 0 radical (unpaired) electrons. The van der Waals surface area contributed by atoms with Crippen LogP contribution in [0.3, 0.4) is 0 Å². The number of likely N-dealkylation sites (tertiary alicyclic amines) is 1. The van der Waals surface area contributed by atoms with Gasteiger partial charge in [0.15, 0.2) is 0 Å². The van der Waals surface area contributed by atoms with Gasteiger partial charge < -0.3 is 4.90 Å². The Kier molecular flexibility index (Phi) is 5.18. The summed E-state index contributed by atoms with van der Waals surface area (Å²) in [5.41, 5.74) is 1.19. The number of hydrogen-bond donors (Lipinski definition) is 0. The quantitative estimate of drug-likeness (QED) is 0.828. The predicted molar refractivity (Wildman–Crippen MR) is 82.2 cm³/mol. The van der Waals surface area contributed by atoms with Crippen LogP contribution in [0.1, 0.15) is 18.4 Å². The second kappa shape index (κ2) is 6.70. The predicted octanol–water partition coefficient (Wildman–Crippen LogP) is 1.58. The van der Waals surface area contributed by atoms with E-state index in [1.807, 2.05) is 18.2 Å². The zero-order valence-corrected chi connectivity index (χ0v) is 13.1.